The van der Waals surface area contributed by atoms with E-state index in [9.17, 15) is 4.39 Å². The van der Waals surface area contributed by atoms with E-state index < -0.39 is 0 Å². The maximum Gasteiger partial charge on any atom is 0.136 e. The zero-order valence-electron chi connectivity index (χ0n) is 17.1. The number of likely N-dealkylation sites (N-methyl/N-ethyl adjacent to an activating group) is 1. The first-order chi connectivity index (χ1) is 14.7. The van der Waals surface area contributed by atoms with Crippen molar-refractivity contribution in [1.82, 2.24) is 14.5 Å². The number of pyridine rings is 1. The van der Waals surface area contributed by atoms with Gasteiger partial charge in [-0.1, -0.05) is 24.3 Å². The second kappa shape index (κ2) is 7.92. The third-order valence-electron chi connectivity index (χ3n) is 5.94. The van der Waals surface area contributed by atoms with Crippen LogP contribution in [0.1, 0.15) is 5.56 Å². The maximum absolute atomic E-state index is 13.4. The summed E-state index contributed by atoms with van der Waals surface area (Å²) < 4.78 is 15.6. The molecule has 0 unspecified atom stereocenters. The predicted molar refractivity (Wildman–Crippen MR) is 120 cm³/mol. The van der Waals surface area contributed by atoms with Gasteiger partial charge in [-0.15, -0.1) is 0 Å². The summed E-state index contributed by atoms with van der Waals surface area (Å²) >= 11 is 0. The normalized spacial score (nSPS) is 15.1. The van der Waals surface area contributed by atoms with Gasteiger partial charge < -0.3 is 14.4 Å². The van der Waals surface area contributed by atoms with Crippen LogP contribution >= 0.6 is 0 Å². The number of piperazine rings is 1. The highest BCUT2D eigenvalue weighted by atomic mass is 19.1. The van der Waals surface area contributed by atoms with Crippen molar-refractivity contribution in [2.75, 3.05) is 38.1 Å². The number of hydrogen-bond acceptors (Lipinski definition) is 3. The molecule has 1 aliphatic heterocycles. The van der Waals surface area contributed by atoms with Crippen LogP contribution in [0.5, 0.6) is 0 Å². The average molecular weight is 401 g/mol. The van der Waals surface area contributed by atoms with Crippen LogP contribution in [0.15, 0.2) is 73.1 Å². The lowest BCUT2D eigenvalue weighted by molar-refractivity contribution is 0.312. The summed E-state index contributed by atoms with van der Waals surface area (Å²) in [5, 5.41) is 0.929. The molecule has 0 spiro atoms. The van der Waals surface area contributed by atoms with E-state index in [-0.39, 0.29) is 5.82 Å². The molecule has 0 N–H and O–H groups in total. The number of halogens is 1. The monoisotopic (exact) mass is 400 g/mol. The highest BCUT2D eigenvalue weighted by Crippen LogP contribution is 2.30. The number of nitrogens with zero attached hydrogens (tertiary/aromatic N) is 4. The summed E-state index contributed by atoms with van der Waals surface area (Å²) in [6.45, 7) is 4.88. The summed E-state index contributed by atoms with van der Waals surface area (Å²) in [6.07, 6.45) is 3.90. The first-order valence-electron chi connectivity index (χ1n) is 10.4. The smallest absolute Gasteiger partial charge is 0.136 e. The average Bonchev–Trinajstić information content (AvgIpc) is 3.16. The van der Waals surface area contributed by atoms with E-state index in [1.165, 1.54) is 22.8 Å². The fourth-order valence-electron chi connectivity index (χ4n) is 4.19. The highest BCUT2D eigenvalue weighted by molar-refractivity contribution is 5.80. The third-order valence-corrected chi connectivity index (χ3v) is 5.94. The largest absolute Gasteiger partial charge is 0.354 e. The minimum Gasteiger partial charge on any atom is -0.354 e. The molecule has 2 aromatic heterocycles. The maximum atomic E-state index is 13.4. The number of fused-ring (bicyclic) bond motifs is 1. The lowest BCUT2D eigenvalue weighted by Crippen LogP contribution is -2.45. The van der Waals surface area contributed by atoms with Crippen LogP contribution in [0.25, 0.3) is 22.0 Å². The van der Waals surface area contributed by atoms with E-state index in [4.69, 9.17) is 4.98 Å². The highest BCUT2D eigenvalue weighted by Gasteiger charge is 2.18. The van der Waals surface area contributed by atoms with Crippen LogP contribution < -0.4 is 4.90 Å². The van der Waals surface area contributed by atoms with Crippen molar-refractivity contribution in [3.63, 3.8) is 0 Å². The third kappa shape index (κ3) is 3.68. The van der Waals surface area contributed by atoms with Gasteiger partial charge in [-0.05, 0) is 54.6 Å². The molecule has 3 heterocycles. The van der Waals surface area contributed by atoms with Crippen molar-refractivity contribution in [3.8, 4) is 11.1 Å². The second-order valence-electron chi connectivity index (χ2n) is 8.01. The molecule has 0 radical (unpaired) electrons. The Morgan fingerprint density at radius 2 is 1.73 bits per heavy atom. The number of hydrogen-bond donors (Lipinski definition) is 0. The van der Waals surface area contributed by atoms with E-state index in [2.05, 4.69) is 51.7 Å². The van der Waals surface area contributed by atoms with Gasteiger partial charge in [0.25, 0.3) is 0 Å². The van der Waals surface area contributed by atoms with Crippen LogP contribution in [0, 0.1) is 5.82 Å². The van der Waals surface area contributed by atoms with Gasteiger partial charge in [0, 0.05) is 61.6 Å². The predicted octanol–water partition coefficient (Wildman–Crippen LogP) is 4.64. The Morgan fingerprint density at radius 3 is 2.53 bits per heavy atom. The molecule has 2 aromatic carbocycles. The Labute approximate surface area is 176 Å². The van der Waals surface area contributed by atoms with E-state index >= 15 is 0 Å². The molecule has 1 saturated heterocycles. The van der Waals surface area contributed by atoms with Crippen molar-refractivity contribution in [1.29, 1.82) is 0 Å². The minimum atomic E-state index is -0.197. The van der Waals surface area contributed by atoms with Crippen LogP contribution in [0.4, 0.5) is 10.2 Å². The molecule has 0 aliphatic carbocycles. The molecular formula is C25H25FN4. The molecule has 1 fully saturated rings. The van der Waals surface area contributed by atoms with Crippen LogP contribution in [0.2, 0.25) is 0 Å². The molecule has 5 heteroatoms. The second-order valence-corrected chi connectivity index (χ2v) is 8.01. The molecule has 152 valence electrons. The van der Waals surface area contributed by atoms with Crippen LogP contribution in [-0.4, -0.2) is 47.7 Å². The topological polar surface area (TPSA) is 24.3 Å². The van der Waals surface area contributed by atoms with E-state index in [1.54, 1.807) is 6.07 Å². The van der Waals surface area contributed by atoms with Gasteiger partial charge in [-0.25, -0.2) is 9.37 Å². The van der Waals surface area contributed by atoms with Crippen LogP contribution in [0.3, 0.4) is 0 Å². The molecule has 4 aromatic rings. The molecule has 0 amide bonds. The summed E-state index contributed by atoms with van der Waals surface area (Å²) in [5.41, 5.74) is 4.62. The van der Waals surface area contributed by atoms with Gasteiger partial charge in [-0.3, -0.25) is 0 Å². The van der Waals surface area contributed by atoms with Gasteiger partial charge in [0.05, 0.1) is 0 Å². The number of anilines is 1. The SMILES string of the molecule is CN1CCN(c2ncccc2-c2ccc(Cn3ccc4cc(F)ccc43)cc2)CC1. The van der Waals surface area contributed by atoms with Gasteiger partial charge in [0.15, 0.2) is 0 Å². The summed E-state index contributed by atoms with van der Waals surface area (Å²) in [5.74, 6) is 0.869. The lowest BCUT2D eigenvalue weighted by Gasteiger charge is -2.34. The fourth-order valence-corrected chi connectivity index (χ4v) is 4.19. The molecule has 5 rings (SSSR count). The Bertz CT molecular complexity index is 1160. The quantitative estimate of drug-likeness (QED) is 0.499. The molecular weight excluding hydrogens is 375 g/mol. The van der Waals surface area contributed by atoms with E-state index in [1.807, 2.05) is 30.6 Å². The zero-order chi connectivity index (χ0) is 20.5. The zero-order valence-corrected chi connectivity index (χ0v) is 17.1. The Kier molecular flexibility index (Phi) is 4.97. The van der Waals surface area contributed by atoms with Crippen molar-refractivity contribution in [3.05, 3.63) is 84.4 Å². The Balaban J connectivity index is 1.39. The lowest BCUT2D eigenvalue weighted by atomic mass is 10.0. The summed E-state index contributed by atoms with van der Waals surface area (Å²) in [4.78, 5) is 9.44. The van der Waals surface area contributed by atoms with E-state index in [0.29, 0.717) is 0 Å². The minimum absolute atomic E-state index is 0.197. The number of rotatable bonds is 4. The number of aromatic nitrogens is 2. The van der Waals surface area contributed by atoms with Gasteiger partial charge in [0.2, 0.25) is 0 Å². The standard InChI is InChI=1S/C25H25FN4/c1-28-13-15-29(16-14-28)25-23(3-2-11-27-25)20-6-4-19(5-7-20)18-30-12-10-21-17-22(26)8-9-24(21)30/h2-12,17H,13-16,18H2,1H3. The van der Waals surface area contributed by atoms with Crippen molar-refractivity contribution in [2.24, 2.45) is 0 Å². The van der Waals surface area contributed by atoms with Gasteiger partial charge in [0.1, 0.15) is 11.6 Å². The first kappa shape index (κ1) is 18.8. The van der Waals surface area contributed by atoms with Crippen molar-refractivity contribution in [2.45, 2.75) is 6.54 Å². The molecule has 0 bridgehead atoms. The van der Waals surface area contributed by atoms with Crippen molar-refractivity contribution < 1.29 is 4.39 Å². The van der Waals surface area contributed by atoms with E-state index in [0.717, 1.165) is 49.4 Å². The molecule has 30 heavy (non-hydrogen) atoms. The number of benzene rings is 2. The first-order valence-corrected chi connectivity index (χ1v) is 10.4. The molecule has 0 saturated carbocycles. The summed E-state index contributed by atoms with van der Waals surface area (Å²) in [7, 11) is 2.17. The molecule has 4 nitrogen and oxygen atoms in total. The van der Waals surface area contributed by atoms with Crippen molar-refractivity contribution >= 4 is 16.7 Å². The Morgan fingerprint density at radius 1 is 0.933 bits per heavy atom. The molecule has 0 atom stereocenters. The molecule has 1 aliphatic rings. The van der Waals surface area contributed by atoms with Gasteiger partial charge in [-0.2, -0.15) is 0 Å². The summed E-state index contributed by atoms with van der Waals surface area (Å²) in [6, 6.07) is 19.8. The Hall–Kier alpha value is -3.18. The fraction of sp³-hybridized carbons (Fsp3) is 0.240. The van der Waals surface area contributed by atoms with Crippen LogP contribution in [-0.2, 0) is 6.54 Å². The van der Waals surface area contributed by atoms with Gasteiger partial charge >= 0.3 is 0 Å².